The first-order chi connectivity index (χ1) is 9.78. The lowest BCUT2D eigenvalue weighted by Crippen LogP contribution is -2.46. The summed E-state index contributed by atoms with van der Waals surface area (Å²) >= 11 is 1.69. The Hall–Kier alpha value is -2.06. The van der Waals surface area contributed by atoms with Crippen LogP contribution in [0.1, 0.15) is 11.1 Å². The van der Waals surface area contributed by atoms with Gasteiger partial charge in [0.2, 0.25) is 0 Å². The number of piperazine rings is 1. The first-order valence-corrected chi connectivity index (χ1v) is 7.56. The minimum absolute atomic E-state index is 0.759. The van der Waals surface area contributed by atoms with Gasteiger partial charge in [-0.3, -0.25) is 0 Å². The summed E-state index contributed by atoms with van der Waals surface area (Å²) in [5, 5.41) is 12.1. The molecule has 0 atom stereocenters. The molecule has 0 N–H and O–H groups in total. The first kappa shape index (κ1) is 12.9. The Morgan fingerprint density at radius 1 is 1.20 bits per heavy atom. The number of aryl methyl sites for hydroxylation is 1. The molecule has 1 aromatic carbocycles. The number of hydrogen-bond donors (Lipinski definition) is 0. The second-order valence-electron chi connectivity index (χ2n) is 4.90. The van der Waals surface area contributed by atoms with Crippen molar-refractivity contribution in [3.05, 3.63) is 40.9 Å². The number of hydrogen-bond acceptors (Lipinski definition) is 5. The molecule has 0 unspecified atom stereocenters. The number of nitrogens with zero attached hydrogens (tertiary/aromatic N) is 4. The Kier molecular flexibility index (Phi) is 3.57. The van der Waals surface area contributed by atoms with Crippen molar-refractivity contribution < 1.29 is 0 Å². The van der Waals surface area contributed by atoms with Crippen LogP contribution >= 0.6 is 11.3 Å². The van der Waals surface area contributed by atoms with E-state index in [1.165, 1.54) is 5.69 Å². The number of thiazole rings is 1. The van der Waals surface area contributed by atoms with E-state index in [9.17, 15) is 0 Å². The third kappa shape index (κ3) is 2.47. The van der Waals surface area contributed by atoms with Crippen molar-refractivity contribution in [2.24, 2.45) is 0 Å². The molecule has 0 aliphatic carbocycles. The van der Waals surface area contributed by atoms with Gasteiger partial charge in [-0.2, -0.15) is 5.26 Å². The lowest BCUT2D eigenvalue weighted by atomic mass is 10.1. The van der Waals surface area contributed by atoms with Crippen molar-refractivity contribution in [2.45, 2.75) is 6.92 Å². The number of rotatable bonds is 2. The molecule has 0 spiro atoms. The second-order valence-corrected chi connectivity index (χ2v) is 5.77. The van der Waals surface area contributed by atoms with E-state index >= 15 is 0 Å². The van der Waals surface area contributed by atoms with Crippen molar-refractivity contribution in [3.63, 3.8) is 0 Å². The van der Waals surface area contributed by atoms with Crippen LogP contribution in [-0.2, 0) is 0 Å². The molecular formula is C15H16N4S. The van der Waals surface area contributed by atoms with Crippen LogP contribution in [0.4, 0.5) is 10.8 Å². The molecule has 2 aromatic rings. The number of anilines is 2. The fourth-order valence-corrected chi connectivity index (χ4v) is 3.19. The van der Waals surface area contributed by atoms with Gasteiger partial charge >= 0.3 is 0 Å². The molecule has 0 amide bonds. The van der Waals surface area contributed by atoms with Crippen LogP contribution in [0.5, 0.6) is 0 Å². The highest BCUT2D eigenvalue weighted by Gasteiger charge is 2.19. The van der Waals surface area contributed by atoms with E-state index in [1.807, 2.05) is 30.6 Å². The number of benzene rings is 1. The predicted molar refractivity (Wildman–Crippen MR) is 82.4 cm³/mol. The van der Waals surface area contributed by atoms with Crippen molar-refractivity contribution in [1.29, 1.82) is 5.26 Å². The van der Waals surface area contributed by atoms with Gasteiger partial charge in [0.1, 0.15) is 0 Å². The molecule has 1 aliphatic heterocycles. The van der Waals surface area contributed by atoms with Gasteiger partial charge in [0.15, 0.2) is 5.13 Å². The van der Waals surface area contributed by atoms with Crippen LogP contribution in [0.25, 0.3) is 0 Å². The maximum absolute atomic E-state index is 8.98. The first-order valence-electron chi connectivity index (χ1n) is 6.68. The van der Waals surface area contributed by atoms with E-state index in [0.717, 1.165) is 42.4 Å². The summed E-state index contributed by atoms with van der Waals surface area (Å²) in [5.41, 5.74) is 3.02. The van der Waals surface area contributed by atoms with Crippen LogP contribution in [0.2, 0.25) is 0 Å². The monoisotopic (exact) mass is 284 g/mol. The minimum atomic E-state index is 0.759. The van der Waals surface area contributed by atoms with Crippen LogP contribution in [0.3, 0.4) is 0 Å². The third-order valence-corrected chi connectivity index (χ3v) is 4.50. The maximum atomic E-state index is 8.98. The van der Waals surface area contributed by atoms with Crippen LogP contribution in [-0.4, -0.2) is 31.2 Å². The molecule has 5 heteroatoms. The highest BCUT2D eigenvalue weighted by atomic mass is 32.1. The summed E-state index contributed by atoms with van der Waals surface area (Å²) in [6.45, 7) is 5.96. The topological polar surface area (TPSA) is 43.2 Å². The van der Waals surface area contributed by atoms with E-state index in [4.69, 9.17) is 5.26 Å². The van der Waals surface area contributed by atoms with Gasteiger partial charge in [0.05, 0.1) is 11.6 Å². The molecule has 20 heavy (non-hydrogen) atoms. The summed E-state index contributed by atoms with van der Waals surface area (Å²) in [4.78, 5) is 9.07. The van der Waals surface area contributed by atoms with Gasteiger partial charge in [0, 0.05) is 43.4 Å². The molecule has 2 heterocycles. The average Bonchev–Trinajstić information content (AvgIpc) is 3.01. The van der Waals surface area contributed by atoms with E-state index < -0.39 is 0 Å². The lowest BCUT2D eigenvalue weighted by Gasteiger charge is -2.36. The van der Waals surface area contributed by atoms with Crippen LogP contribution in [0.15, 0.2) is 29.8 Å². The fraction of sp³-hybridized carbons (Fsp3) is 0.333. The molecule has 0 saturated carbocycles. The van der Waals surface area contributed by atoms with Crippen LogP contribution < -0.4 is 9.80 Å². The lowest BCUT2D eigenvalue weighted by molar-refractivity contribution is 0.652. The van der Waals surface area contributed by atoms with Gasteiger partial charge in [-0.05, 0) is 30.7 Å². The van der Waals surface area contributed by atoms with E-state index in [0.29, 0.717) is 0 Å². The van der Waals surface area contributed by atoms with Gasteiger partial charge in [-0.1, -0.05) is 0 Å². The van der Waals surface area contributed by atoms with Crippen molar-refractivity contribution in [3.8, 4) is 6.07 Å². The highest BCUT2D eigenvalue weighted by Crippen LogP contribution is 2.23. The summed E-state index contributed by atoms with van der Waals surface area (Å²) in [5.74, 6) is 0. The van der Waals surface area contributed by atoms with Crippen molar-refractivity contribution in [1.82, 2.24) is 4.98 Å². The SMILES string of the molecule is Cc1cc(N2CCN(c3nccs3)CC2)ccc1C#N. The van der Waals surface area contributed by atoms with Gasteiger partial charge < -0.3 is 9.80 Å². The van der Waals surface area contributed by atoms with Gasteiger partial charge in [0.25, 0.3) is 0 Å². The smallest absolute Gasteiger partial charge is 0.185 e. The standard InChI is InChI=1S/C15H16N4S/c1-12-10-14(3-2-13(12)11-16)18-5-7-19(8-6-18)15-17-4-9-20-15/h2-4,9-10H,5-8H2,1H3. The Morgan fingerprint density at radius 2 is 1.95 bits per heavy atom. The number of aromatic nitrogens is 1. The minimum Gasteiger partial charge on any atom is -0.368 e. The largest absolute Gasteiger partial charge is 0.368 e. The van der Waals surface area contributed by atoms with E-state index in [1.54, 1.807) is 11.3 Å². The van der Waals surface area contributed by atoms with E-state index in [2.05, 4.69) is 26.9 Å². The molecule has 0 radical (unpaired) electrons. The third-order valence-electron chi connectivity index (χ3n) is 3.67. The highest BCUT2D eigenvalue weighted by molar-refractivity contribution is 7.13. The fourth-order valence-electron chi connectivity index (χ4n) is 2.50. The second kappa shape index (κ2) is 5.51. The summed E-state index contributed by atoms with van der Waals surface area (Å²) < 4.78 is 0. The van der Waals surface area contributed by atoms with Gasteiger partial charge in [-0.15, -0.1) is 11.3 Å². The maximum Gasteiger partial charge on any atom is 0.185 e. The molecule has 1 aromatic heterocycles. The zero-order chi connectivity index (χ0) is 13.9. The van der Waals surface area contributed by atoms with Gasteiger partial charge in [-0.25, -0.2) is 4.98 Å². The van der Waals surface area contributed by atoms with Crippen molar-refractivity contribution in [2.75, 3.05) is 36.0 Å². The molecule has 1 aliphatic rings. The molecule has 1 fully saturated rings. The molecule has 3 rings (SSSR count). The molecule has 102 valence electrons. The normalized spacial score (nSPS) is 15.2. The Bertz CT molecular complexity index is 622. The van der Waals surface area contributed by atoms with Crippen LogP contribution in [0, 0.1) is 18.3 Å². The Balaban J connectivity index is 1.69. The summed E-state index contributed by atoms with van der Waals surface area (Å²) in [6.07, 6.45) is 1.86. The zero-order valence-corrected chi connectivity index (χ0v) is 12.2. The molecule has 1 saturated heterocycles. The Labute approximate surface area is 122 Å². The molecule has 0 bridgehead atoms. The Morgan fingerprint density at radius 3 is 2.55 bits per heavy atom. The summed E-state index contributed by atoms with van der Waals surface area (Å²) in [7, 11) is 0. The van der Waals surface area contributed by atoms with E-state index in [-0.39, 0.29) is 0 Å². The predicted octanol–water partition coefficient (Wildman–Crippen LogP) is 2.65. The molecule has 4 nitrogen and oxygen atoms in total. The summed E-state index contributed by atoms with van der Waals surface area (Å²) in [6, 6.07) is 8.29. The zero-order valence-electron chi connectivity index (χ0n) is 11.4. The van der Waals surface area contributed by atoms with Crippen molar-refractivity contribution >= 4 is 22.2 Å². The average molecular weight is 284 g/mol. The molecular weight excluding hydrogens is 268 g/mol. The number of nitriles is 1. The quantitative estimate of drug-likeness (QED) is 0.850.